The largest absolute Gasteiger partial charge is 0.365 e. The molecular weight excluding hydrogens is 345 g/mol. The third-order valence-electron chi connectivity index (χ3n) is 5.86. The number of anilines is 1. The van der Waals surface area contributed by atoms with E-state index in [4.69, 9.17) is 0 Å². The summed E-state index contributed by atoms with van der Waals surface area (Å²) in [6.07, 6.45) is 9.17. The van der Waals surface area contributed by atoms with Gasteiger partial charge in [0.05, 0.1) is 5.39 Å². The molecule has 2 fully saturated rings. The lowest BCUT2D eigenvalue weighted by Crippen LogP contribution is -2.49. The van der Waals surface area contributed by atoms with Gasteiger partial charge in [0.2, 0.25) is 5.91 Å². The highest BCUT2D eigenvalue weighted by Crippen LogP contribution is 2.56. The Morgan fingerprint density at radius 1 is 1.44 bits per heavy atom. The molecule has 1 amide bonds. The molecular formula is C20H26FN5O. The predicted octanol–water partition coefficient (Wildman–Crippen LogP) is 3.54. The number of halogens is 1. The number of aromatic amines is 1. The van der Waals surface area contributed by atoms with Crippen LogP contribution in [0.5, 0.6) is 0 Å². The van der Waals surface area contributed by atoms with Crippen LogP contribution in [0.4, 0.5) is 10.2 Å². The second-order valence-electron chi connectivity index (χ2n) is 7.98. The van der Waals surface area contributed by atoms with Gasteiger partial charge in [0.15, 0.2) is 0 Å². The smallest absolute Gasteiger partial charge is 0.246 e. The number of fused-ring (bicyclic) bond motifs is 1. The molecule has 0 bridgehead atoms. The van der Waals surface area contributed by atoms with Gasteiger partial charge >= 0.3 is 0 Å². The van der Waals surface area contributed by atoms with Gasteiger partial charge in [-0.05, 0) is 51.7 Å². The van der Waals surface area contributed by atoms with Gasteiger partial charge in [-0.1, -0.05) is 6.08 Å². The average molecular weight is 371 g/mol. The van der Waals surface area contributed by atoms with Crippen LogP contribution < -0.4 is 5.32 Å². The Morgan fingerprint density at radius 2 is 2.22 bits per heavy atom. The molecule has 2 aliphatic rings. The molecule has 27 heavy (non-hydrogen) atoms. The topological polar surface area (TPSA) is 73.9 Å². The molecule has 1 saturated heterocycles. The predicted molar refractivity (Wildman–Crippen MR) is 103 cm³/mol. The number of hydrogen-bond acceptors (Lipinski definition) is 4. The third-order valence-corrected chi connectivity index (χ3v) is 5.86. The van der Waals surface area contributed by atoms with E-state index in [0.717, 1.165) is 35.3 Å². The zero-order chi connectivity index (χ0) is 19.2. The van der Waals surface area contributed by atoms with Gasteiger partial charge < -0.3 is 15.2 Å². The molecule has 0 radical (unpaired) electrons. The summed E-state index contributed by atoms with van der Waals surface area (Å²) in [5, 5.41) is 4.37. The van der Waals surface area contributed by atoms with Crippen LogP contribution in [0.1, 0.15) is 51.5 Å². The normalized spacial score (nSPS) is 30.8. The van der Waals surface area contributed by atoms with E-state index in [-0.39, 0.29) is 23.9 Å². The van der Waals surface area contributed by atoms with Gasteiger partial charge in [-0.3, -0.25) is 4.79 Å². The van der Waals surface area contributed by atoms with Crippen LogP contribution in [0.25, 0.3) is 11.0 Å². The van der Waals surface area contributed by atoms with Gasteiger partial charge in [0.1, 0.15) is 23.5 Å². The van der Waals surface area contributed by atoms with Crippen molar-refractivity contribution >= 4 is 22.8 Å². The lowest BCUT2D eigenvalue weighted by Gasteiger charge is -2.38. The molecule has 2 aromatic rings. The minimum absolute atomic E-state index is 0.0397. The number of amides is 1. The summed E-state index contributed by atoms with van der Waals surface area (Å²) in [4.78, 5) is 26.1. The molecule has 2 N–H and O–H groups in total. The van der Waals surface area contributed by atoms with Crippen LogP contribution in [0.3, 0.4) is 0 Å². The minimum atomic E-state index is -1.15. The maximum atomic E-state index is 14.3. The second kappa shape index (κ2) is 6.62. The summed E-state index contributed by atoms with van der Waals surface area (Å²) in [6.45, 7) is 6.20. The second-order valence-corrected chi connectivity index (χ2v) is 7.98. The van der Waals surface area contributed by atoms with E-state index in [1.807, 2.05) is 18.0 Å². The number of carbonyl (C=O) groups excluding carboxylic acids is 1. The zero-order valence-corrected chi connectivity index (χ0v) is 16.0. The van der Waals surface area contributed by atoms with Crippen LogP contribution in [0.15, 0.2) is 24.7 Å². The number of rotatable bonds is 4. The fourth-order valence-corrected chi connectivity index (χ4v) is 4.11. The van der Waals surface area contributed by atoms with E-state index in [1.54, 1.807) is 19.1 Å². The average Bonchev–Trinajstić information content (AvgIpc) is 3.06. The van der Waals surface area contributed by atoms with Crippen molar-refractivity contribution in [2.75, 3.05) is 11.9 Å². The number of alkyl halides is 1. The Kier molecular flexibility index (Phi) is 4.40. The summed E-state index contributed by atoms with van der Waals surface area (Å²) in [6, 6.07) is 0.325. The SMILES string of the molecule is C/C=C/C(=O)N1C[C@H](Nc2ncnc3[nH]cc([C@H]4CC4(C)F)c23)CC[C@@H]1C. The fourth-order valence-electron chi connectivity index (χ4n) is 4.11. The Hall–Kier alpha value is -2.44. The van der Waals surface area contributed by atoms with Gasteiger partial charge in [-0.25, -0.2) is 14.4 Å². The first kappa shape index (κ1) is 17.9. The molecule has 7 heteroatoms. The monoisotopic (exact) mass is 371 g/mol. The molecule has 1 unspecified atom stereocenters. The van der Waals surface area contributed by atoms with E-state index < -0.39 is 5.67 Å². The molecule has 1 aliphatic carbocycles. The first-order valence-electron chi connectivity index (χ1n) is 9.61. The lowest BCUT2D eigenvalue weighted by atomic mass is 9.99. The number of nitrogens with one attached hydrogen (secondary N) is 2. The molecule has 3 heterocycles. The maximum absolute atomic E-state index is 14.3. The summed E-state index contributed by atoms with van der Waals surface area (Å²) in [5.74, 6) is 0.645. The number of likely N-dealkylation sites (tertiary alicyclic amines) is 1. The number of nitrogens with zero attached hydrogens (tertiary/aromatic N) is 3. The van der Waals surface area contributed by atoms with Gasteiger partial charge in [0.25, 0.3) is 0 Å². The maximum Gasteiger partial charge on any atom is 0.246 e. The van der Waals surface area contributed by atoms with Crippen LogP contribution >= 0.6 is 0 Å². The number of H-pyrrole nitrogens is 1. The number of carbonyl (C=O) groups is 1. The standard InChI is InChI=1S/C20H26FN5O/c1-4-5-16(27)26-10-13(7-6-12(26)2)25-19-17-14(15-8-20(15,3)21)9-22-18(17)23-11-24-19/h4-5,9,11-13,15H,6-8,10H2,1-3H3,(H2,22,23,24,25)/b5-4+/t12-,13+,15+,20?/m0/s1. The Balaban J connectivity index is 1.58. The molecule has 1 saturated carbocycles. The zero-order valence-electron chi connectivity index (χ0n) is 16.0. The van der Waals surface area contributed by atoms with Crippen molar-refractivity contribution in [2.24, 2.45) is 0 Å². The van der Waals surface area contributed by atoms with Gasteiger partial charge in [-0.2, -0.15) is 0 Å². The molecule has 0 aromatic carbocycles. The van der Waals surface area contributed by atoms with Crippen LogP contribution in [0, 0.1) is 0 Å². The molecule has 4 atom stereocenters. The Labute approximate surface area is 158 Å². The van der Waals surface area contributed by atoms with E-state index >= 15 is 0 Å². The number of hydrogen-bond donors (Lipinski definition) is 2. The molecule has 4 rings (SSSR count). The molecule has 144 valence electrons. The summed E-state index contributed by atoms with van der Waals surface area (Å²) >= 11 is 0. The summed E-state index contributed by atoms with van der Waals surface area (Å²) < 4.78 is 14.3. The Bertz CT molecular complexity index is 890. The van der Waals surface area contributed by atoms with Crippen molar-refractivity contribution in [1.29, 1.82) is 0 Å². The first-order valence-corrected chi connectivity index (χ1v) is 9.61. The lowest BCUT2D eigenvalue weighted by molar-refractivity contribution is -0.129. The number of piperidine rings is 1. The molecule has 6 nitrogen and oxygen atoms in total. The third kappa shape index (κ3) is 3.31. The molecule has 1 aliphatic heterocycles. The molecule has 2 aromatic heterocycles. The van der Waals surface area contributed by atoms with Crippen molar-refractivity contribution < 1.29 is 9.18 Å². The van der Waals surface area contributed by atoms with Gasteiger partial charge in [-0.15, -0.1) is 0 Å². The number of allylic oxidation sites excluding steroid dienone is 1. The van der Waals surface area contributed by atoms with E-state index in [2.05, 4.69) is 27.2 Å². The van der Waals surface area contributed by atoms with Crippen molar-refractivity contribution in [3.63, 3.8) is 0 Å². The highest BCUT2D eigenvalue weighted by Gasteiger charge is 2.53. The first-order chi connectivity index (χ1) is 12.9. The van der Waals surface area contributed by atoms with E-state index in [1.165, 1.54) is 6.33 Å². The van der Waals surface area contributed by atoms with Crippen LogP contribution in [-0.2, 0) is 4.79 Å². The minimum Gasteiger partial charge on any atom is -0.365 e. The van der Waals surface area contributed by atoms with Crippen molar-refractivity contribution in [3.05, 3.63) is 30.2 Å². The summed E-state index contributed by atoms with van der Waals surface area (Å²) in [7, 11) is 0. The van der Waals surface area contributed by atoms with Crippen LogP contribution in [0.2, 0.25) is 0 Å². The summed E-state index contributed by atoms with van der Waals surface area (Å²) in [5.41, 5.74) is 0.499. The molecule has 0 spiro atoms. The quantitative estimate of drug-likeness (QED) is 0.806. The highest BCUT2D eigenvalue weighted by molar-refractivity contribution is 5.91. The van der Waals surface area contributed by atoms with Gasteiger partial charge in [0, 0.05) is 30.7 Å². The fraction of sp³-hybridized carbons (Fsp3) is 0.550. The highest BCUT2D eigenvalue weighted by atomic mass is 19.1. The van der Waals surface area contributed by atoms with E-state index in [0.29, 0.717) is 13.0 Å². The van der Waals surface area contributed by atoms with Crippen molar-refractivity contribution in [3.8, 4) is 0 Å². The van der Waals surface area contributed by atoms with E-state index in [9.17, 15) is 9.18 Å². The van der Waals surface area contributed by atoms with Crippen molar-refractivity contribution in [1.82, 2.24) is 19.9 Å². The van der Waals surface area contributed by atoms with Crippen LogP contribution in [-0.4, -0.2) is 50.1 Å². The van der Waals surface area contributed by atoms with Crippen molar-refractivity contribution in [2.45, 2.75) is 63.7 Å². The number of aromatic nitrogens is 3. The Morgan fingerprint density at radius 3 is 2.93 bits per heavy atom.